The Morgan fingerprint density at radius 1 is 1.36 bits per heavy atom. The highest BCUT2D eigenvalue weighted by atomic mass is 16.2. The summed E-state index contributed by atoms with van der Waals surface area (Å²) in [5.74, 6) is 1.47. The lowest BCUT2D eigenvalue weighted by Crippen LogP contribution is -2.34. The Morgan fingerprint density at radius 2 is 2.23 bits per heavy atom. The van der Waals surface area contributed by atoms with Crippen LogP contribution >= 0.6 is 0 Å². The van der Waals surface area contributed by atoms with Gasteiger partial charge in [0.2, 0.25) is 5.91 Å². The number of hydrogen-bond acceptors (Lipinski definition) is 2. The summed E-state index contributed by atoms with van der Waals surface area (Å²) in [5.41, 5.74) is 2.09. The van der Waals surface area contributed by atoms with Gasteiger partial charge in [0.05, 0.1) is 11.0 Å². The number of nitrogens with zero attached hydrogens (tertiary/aromatic N) is 2. The molecular formula is C18H23N3O. The van der Waals surface area contributed by atoms with Crippen molar-refractivity contribution in [2.45, 2.75) is 32.1 Å². The summed E-state index contributed by atoms with van der Waals surface area (Å²) in [5, 5.41) is 0. The zero-order valence-electron chi connectivity index (χ0n) is 13.1. The van der Waals surface area contributed by atoms with Crippen LogP contribution in [0.15, 0.2) is 36.4 Å². The minimum absolute atomic E-state index is 0.182. The van der Waals surface area contributed by atoms with Crippen LogP contribution in [0.4, 0.5) is 0 Å². The zero-order valence-corrected chi connectivity index (χ0v) is 13.1. The molecule has 3 rings (SSSR count). The molecule has 4 nitrogen and oxygen atoms in total. The lowest BCUT2D eigenvalue weighted by molar-refractivity contribution is -0.134. The predicted octanol–water partition coefficient (Wildman–Crippen LogP) is 3.31. The monoisotopic (exact) mass is 297 g/mol. The number of hydrogen-bond donors (Lipinski definition) is 1. The highest BCUT2D eigenvalue weighted by molar-refractivity contribution is 5.79. The number of rotatable bonds is 5. The number of nitrogens with one attached hydrogen (secondary N) is 1. The predicted molar refractivity (Wildman–Crippen MR) is 88.5 cm³/mol. The maximum absolute atomic E-state index is 12.3. The molecule has 1 unspecified atom stereocenters. The van der Waals surface area contributed by atoms with E-state index in [1.165, 1.54) is 0 Å². The Balaban J connectivity index is 1.49. The number of carbonyl (C=O) groups excluding carboxylic acids is 1. The number of aryl methyl sites for hydroxylation is 1. The third-order valence-electron chi connectivity index (χ3n) is 4.34. The molecule has 0 saturated carbocycles. The maximum atomic E-state index is 12.3. The maximum Gasteiger partial charge on any atom is 0.225 e. The summed E-state index contributed by atoms with van der Waals surface area (Å²) in [4.78, 5) is 22.1. The lowest BCUT2D eigenvalue weighted by Gasteiger charge is -2.24. The Bertz CT molecular complexity index is 641. The zero-order chi connectivity index (χ0) is 15.4. The van der Waals surface area contributed by atoms with E-state index in [4.69, 9.17) is 0 Å². The van der Waals surface area contributed by atoms with Crippen molar-refractivity contribution in [3.05, 3.63) is 42.2 Å². The number of para-hydroxylation sites is 2. The second-order valence-electron chi connectivity index (χ2n) is 6.05. The lowest BCUT2D eigenvalue weighted by atomic mass is 9.93. The molecule has 0 fully saturated rings. The number of amides is 1. The summed E-state index contributed by atoms with van der Waals surface area (Å²) < 4.78 is 0. The van der Waals surface area contributed by atoms with Gasteiger partial charge in [0.1, 0.15) is 5.82 Å². The van der Waals surface area contributed by atoms with Crippen LogP contribution in [0.5, 0.6) is 0 Å². The quantitative estimate of drug-likeness (QED) is 0.861. The van der Waals surface area contributed by atoms with Crippen LogP contribution < -0.4 is 0 Å². The van der Waals surface area contributed by atoms with Crippen molar-refractivity contribution < 1.29 is 4.79 Å². The molecule has 1 aliphatic carbocycles. The molecule has 1 aliphatic rings. The third kappa shape index (κ3) is 3.38. The standard InChI is InChI=1S/C18H23N3O/c1-21(18(22)14-8-3-2-4-9-14)13-7-12-17-19-15-10-5-6-11-16(15)20-17/h2-3,5-6,10-11,14H,4,7-9,12-13H2,1H3,(H,19,20). The molecule has 1 N–H and O–H groups in total. The topological polar surface area (TPSA) is 49.0 Å². The van der Waals surface area contributed by atoms with Gasteiger partial charge in [0, 0.05) is 25.9 Å². The minimum atomic E-state index is 0.182. The number of imidazole rings is 1. The molecule has 116 valence electrons. The molecular weight excluding hydrogens is 274 g/mol. The van der Waals surface area contributed by atoms with E-state index >= 15 is 0 Å². The largest absolute Gasteiger partial charge is 0.346 e. The first-order valence-corrected chi connectivity index (χ1v) is 8.07. The van der Waals surface area contributed by atoms with Gasteiger partial charge in [-0.2, -0.15) is 0 Å². The van der Waals surface area contributed by atoms with Crippen LogP contribution in [-0.2, 0) is 11.2 Å². The van der Waals surface area contributed by atoms with Crippen LogP contribution in [0.2, 0.25) is 0 Å². The van der Waals surface area contributed by atoms with Crippen molar-refractivity contribution in [3.63, 3.8) is 0 Å². The number of aromatic amines is 1. The second-order valence-corrected chi connectivity index (χ2v) is 6.05. The first-order valence-electron chi connectivity index (χ1n) is 8.07. The number of H-pyrrole nitrogens is 1. The Morgan fingerprint density at radius 3 is 3.00 bits per heavy atom. The molecule has 1 atom stereocenters. The van der Waals surface area contributed by atoms with Crippen molar-refractivity contribution >= 4 is 16.9 Å². The Hall–Kier alpha value is -2.10. The molecule has 2 aromatic rings. The van der Waals surface area contributed by atoms with Crippen LogP contribution in [0.25, 0.3) is 11.0 Å². The average molecular weight is 297 g/mol. The minimum Gasteiger partial charge on any atom is -0.346 e. The number of benzene rings is 1. The van der Waals surface area contributed by atoms with E-state index in [0.717, 1.165) is 55.5 Å². The second kappa shape index (κ2) is 6.77. The molecule has 4 heteroatoms. The summed E-state index contributed by atoms with van der Waals surface area (Å²) >= 11 is 0. The summed E-state index contributed by atoms with van der Waals surface area (Å²) in [6.07, 6.45) is 9.03. The first-order chi connectivity index (χ1) is 10.7. The fourth-order valence-electron chi connectivity index (χ4n) is 3.05. The fourth-order valence-corrected chi connectivity index (χ4v) is 3.05. The van der Waals surface area contributed by atoms with Gasteiger partial charge >= 0.3 is 0 Å². The van der Waals surface area contributed by atoms with Gasteiger partial charge in [-0.15, -0.1) is 0 Å². The molecule has 0 saturated heterocycles. The SMILES string of the molecule is CN(CCCc1nc2ccccc2[nH]1)C(=O)C1CC=CCC1. The number of carbonyl (C=O) groups is 1. The molecule has 0 bridgehead atoms. The van der Waals surface area contributed by atoms with Crippen molar-refractivity contribution in [1.29, 1.82) is 0 Å². The summed E-state index contributed by atoms with van der Waals surface area (Å²) in [6.45, 7) is 0.788. The number of aromatic nitrogens is 2. The Labute approximate surface area is 131 Å². The van der Waals surface area contributed by atoms with Crippen LogP contribution in [0.1, 0.15) is 31.5 Å². The van der Waals surface area contributed by atoms with Crippen LogP contribution in [0.3, 0.4) is 0 Å². The first kappa shape index (κ1) is 14.8. The average Bonchev–Trinajstić information content (AvgIpc) is 2.97. The fraction of sp³-hybridized carbons (Fsp3) is 0.444. The molecule has 1 amide bonds. The van der Waals surface area contributed by atoms with Gasteiger partial charge in [-0.25, -0.2) is 4.98 Å². The van der Waals surface area contributed by atoms with E-state index in [9.17, 15) is 4.79 Å². The highest BCUT2D eigenvalue weighted by Crippen LogP contribution is 2.20. The molecule has 0 spiro atoms. The summed E-state index contributed by atoms with van der Waals surface area (Å²) in [6, 6.07) is 8.06. The molecule has 1 aromatic carbocycles. The van der Waals surface area contributed by atoms with Gasteiger partial charge in [-0.3, -0.25) is 4.79 Å². The smallest absolute Gasteiger partial charge is 0.225 e. The van der Waals surface area contributed by atoms with E-state index < -0.39 is 0 Å². The molecule has 22 heavy (non-hydrogen) atoms. The van der Waals surface area contributed by atoms with Crippen molar-refractivity contribution in [2.75, 3.05) is 13.6 Å². The van der Waals surface area contributed by atoms with E-state index in [0.29, 0.717) is 0 Å². The van der Waals surface area contributed by atoms with Gasteiger partial charge < -0.3 is 9.88 Å². The van der Waals surface area contributed by atoms with Gasteiger partial charge in [0.15, 0.2) is 0 Å². The third-order valence-corrected chi connectivity index (χ3v) is 4.34. The van der Waals surface area contributed by atoms with E-state index in [-0.39, 0.29) is 11.8 Å². The number of fused-ring (bicyclic) bond motifs is 1. The van der Waals surface area contributed by atoms with Gasteiger partial charge in [0.25, 0.3) is 0 Å². The summed E-state index contributed by atoms with van der Waals surface area (Å²) in [7, 11) is 1.92. The van der Waals surface area contributed by atoms with Crippen molar-refractivity contribution in [2.24, 2.45) is 5.92 Å². The van der Waals surface area contributed by atoms with E-state index in [1.807, 2.05) is 36.2 Å². The van der Waals surface area contributed by atoms with Crippen LogP contribution in [-0.4, -0.2) is 34.4 Å². The van der Waals surface area contributed by atoms with E-state index in [1.54, 1.807) is 0 Å². The van der Waals surface area contributed by atoms with Crippen LogP contribution in [0, 0.1) is 5.92 Å². The van der Waals surface area contributed by atoms with Gasteiger partial charge in [-0.1, -0.05) is 24.3 Å². The van der Waals surface area contributed by atoms with Crippen molar-refractivity contribution in [3.8, 4) is 0 Å². The molecule has 0 radical (unpaired) electrons. The number of allylic oxidation sites excluding steroid dienone is 2. The van der Waals surface area contributed by atoms with Crippen molar-refractivity contribution in [1.82, 2.24) is 14.9 Å². The normalized spacial score (nSPS) is 17.8. The Kier molecular flexibility index (Phi) is 4.56. The molecule has 0 aliphatic heterocycles. The molecule has 1 heterocycles. The van der Waals surface area contributed by atoms with E-state index in [2.05, 4.69) is 22.1 Å². The highest BCUT2D eigenvalue weighted by Gasteiger charge is 2.21. The van der Waals surface area contributed by atoms with Gasteiger partial charge in [-0.05, 0) is 37.8 Å². The molecule has 1 aromatic heterocycles.